The fourth-order valence-corrected chi connectivity index (χ4v) is 2.08. The lowest BCUT2D eigenvalue weighted by Crippen LogP contribution is -2.22. The van der Waals surface area contributed by atoms with E-state index in [9.17, 15) is 4.39 Å². The monoisotopic (exact) mass is 258 g/mol. The molecule has 0 spiro atoms. The first-order valence-corrected chi connectivity index (χ1v) is 6.50. The van der Waals surface area contributed by atoms with Crippen LogP contribution in [0.3, 0.4) is 0 Å². The van der Waals surface area contributed by atoms with Gasteiger partial charge < -0.3 is 5.32 Å². The zero-order valence-electron chi connectivity index (χ0n) is 11.5. The molecule has 1 N–H and O–H groups in total. The Kier molecular flexibility index (Phi) is 4.27. The minimum atomic E-state index is -0.153. The van der Waals surface area contributed by atoms with Gasteiger partial charge in [-0.2, -0.15) is 0 Å². The van der Waals surface area contributed by atoms with Crippen molar-refractivity contribution >= 4 is 0 Å². The van der Waals surface area contributed by atoms with Gasteiger partial charge in [-0.15, -0.1) is 0 Å². The molecule has 2 unspecified atom stereocenters. The fourth-order valence-electron chi connectivity index (χ4n) is 2.08. The van der Waals surface area contributed by atoms with Crippen molar-refractivity contribution in [1.29, 1.82) is 0 Å². The quantitative estimate of drug-likeness (QED) is 0.898. The smallest absolute Gasteiger partial charge is 0.126 e. The van der Waals surface area contributed by atoms with E-state index in [1.165, 1.54) is 0 Å². The third kappa shape index (κ3) is 3.38. The number of pyridine rings is 1. The fraction of sp³-hybridized carbons (Fsp3) is 0.312. The Morgan fingerprint density at radius 1 is 1.11 bits per heavy atom. The van der Waals surface area contributed by atoms with Crippen molar-refractivity contribution in [1.82, 2.24) is 10.3 Å². The van der Waals surface area contributed by atoms with Crippen LogP contribution in [0.4, 0.5) is 4.39 Å². The summed E-state index contributed by atoms with van der Waals surface area (Å²) in [4.78, 5) is 4.11. The Morgan fingerprint density at radius 2 is 1.84 bits per heavy atom. The molecule has 0 aliphatic heterocycles. The lowest BCUT2D eigenvalue weighted by molar-refractivity contribution is 0.490. The number of aromatic nitrogens is 1. The number of nitrogens with one attached hydrogen (secondary N) is 1. The first-order valence-electron chi connectivity index (χ1n) is 6.50. The summed E-state index contributed by atoms with van der Waals surface area (Å²) in [6, 6.07) is 9.60. The molecule has 2 nitrogen and oxygen atoms in total. The van der Waals surface area contributed by atoms with Gasteiger partial charge in [0.2, 0.25) is 0 Å². The van der Waals surface area contributed by atoms with Gasteiger partial charge in [0, 0.05) is 24.5 Å². The van der Waals surface area contributed by atoms with Crippen LogP contribution in [0.2, 0.25) is 0 Å². The second-order valence-electron chi connectivity index (χ2n) is 4.91. The van der Waals surface area contributed by atoms with Crippen LogP contribution in [0.1, 0.15) is 42.6 Å². The van der Waals surface area contributed by atoms with E-state index in [2.05, 4.69) is 17.2 Å². The molecule has 100 valence electrons. The van der Waals surface area contributed by atoms with Gasteiger partial charge in [-0.3, -0.25) is 4.98 Å². The number of rotatable bonds is 4. The molecule has 19 heavy (non-hydrogen) atoms. The van der Waals surface area contributed by atoms with E-state index >= 15 is 0 Å². The van der Waals surface area contributed by atoms with Crippen LogP contribution in [0, 0.1) is 12.7 Å². The number of halogens is 1. The zero-order valence-corrected chi connectivity index (χ0v) is 11.5. The molecule has 1 aromatic carbocycles. The van der Waals surface area contributed by atoms with Crippen molar-refractivity contribution in [3.63, 3.8) is 0 Å². The highest BCUT2D eigenvalue weighted by molar-refractivity contribution is 5.26. The normalized spacial score (nSPS) is 14.1. The van der Waals surface area contributed by atoms with Gasteiger partial charge in [0.25, 0.3) is 0 Å². The van der Waals surface area contributed by atoms with Crippen LogP contribution in [-0.2, 0) is 0 Å². The lowest BCUT2D eigenvalue weighted by atomic mass is 10.0. The highest BCUT2D eigenvalue weighted by Gasteiger charge is 2.12. The minimum Gasteiger partial charge on any atom is -0.304 e. The molecule has 0 fully saturated rings. The maximum absolute atomic E-state index is 13.6. The summed E-state index contributed by atoms with van der Waals surface area (Å²) in [5.41, 5.74) is 2.76. The highest BCUT2D eigenvalue weighted by atomic mass is 19.1. The van der Waals surface area contributed by atoms with Crippen molar-refractivity contribution in [3.8, 4) is 0 Å². The summed E-state index contributed by atoms with van der Waals surface area (Å²) in [7, 11) is 0. The first kappa shape index (κ1) is 13.7. The number of benzene rings is 1. The molecule has 2 rings (SSSR count). The van der Waals surface area contributed by atoms with Crippen LogP contribution in [0.5, 0.6) is 0 Å². The third-order valence-corrected chi connectivity index (χ3v) is 3.38. The SMILES string of the molecule is Cc1ccc(C(C)NC(C)c2cccnc2)cc1F. The van der Waals surface area contributed by atoms with Crippen LogP contribution < -0.4 is 5.32 Å². The average molecular weight is 258 g/mol. The molecule has 0 aliphatic carbocycles. The topological polar surface area (TPSA) is 24.9 Å². The van der Waals surface area contributed by atoms with Crippen molar-refractivity contribution in [2.75, 3.05) is 0 Å². The molecule has 0 bridgehead atoms. The molecule has 1 heterocycles. The Hall–Kier alpha value is -1.74. The molecule has 0 aliphatic rings. The number of aryl methyl sites for hydroxylation is 1. The molecule has 2 aromatic rings. The van der Waals surface area contributed by atoms with Crippen LogP contribution in [0.15, 0.2) is 42.7 Å². The third-order valence-electron chi connectivity index (χ3n) is 3.38. The van der Waals surface area contributed by atoms with E-state index in [1.54, 1.807) is 19.2 Å². The van der Waals surface area contributed by atoms with Gasteiger partial charge in [0.05, 0.1) is 0 Å². The summed E-state index contributed by atoms with van der Waals surface area (Å²) >= 11 is 0. The molecule has 0 saturated carbocycles. The largest absolute Gasteiger partial charge is 0.304 e. The van der Waals surface area contributed by atoms with E-state index in [4.69, 9.17) is 0 Å². The number of hydrogen-bond acceptors (Lipinski definition) is 2. The Morgan fingerprint density at radius 3 is 2.47 bits per heavy atom. The Bertz CT molecular complexity index is 540. The van der Waals surface area contributed by atoms with Gasteiger partial charge in [-0.25, -0.2) is 4.39 Å². The Labute approximate surface area is 113 Å². The van der Waals surface area contributed by atoms with Gasteiger partial charge in [-0.05, 0) is 49.6 Å². The summed E-state index contributed by atoms with van der Waals surface area (Å²) in [5, 5.41) is 3.45. The number of nitrogens with zero attached hydrogens (tertiary/aromatic N) is 1. The van der Waals surface area contributed by atoms with Crippen LogP contribution in [-0.4, -0.2) is 4.98 Å². The maximum Gasteiger partial charge on any atom is 0.126 e. The van der Waals surface area contributed by atoms with E-state index in [0.717, 1.165) is 11.1 Å². The van der Waals surface area contributed by atoms with Crippen LogP contribution in [0.25, 0.3) is 0 Å². The molecule has 2 atom stereocenters. The van der Waals surface area contributed by atoms with E-state index in [1.807, 2.05) is 37.4 Å². The van der Waals surface area contributed by atoms with E-state index < -0.39 is 0 Å². The van der Waals surface area contributed by atoms with Gasteiger partial charge in [0.15, 0.2) is 0 Å². The number of hydrogen-bond donors (Lipinski definition) is 1. The predicted octanol–water partition coefficient (Wildman–Crippen LogP) is 3.94. The predicted molar refractivity (Wildman–Crippen MR) is 75.3 cm³/mol. The van der Waals surface area contributed by atoms with E-state index in [0.29, 0.717) is 5.56 Å². The molecule has 0 amide bonds. The lowest BCUT2D eigenvalue weighted by Gasteiger charge is -2.20. The maximum atomic E-state index is 13.6. The summed E-state index contributed by atoms with van der Waals surface area (Å²) in [6.07, 6.45) is 3.61. The van der Waals surface area contributed by atoms with Crippen molar-refractivity contribution in [2.45, 2.75) is 32.9 Å². The molecule has 0 radical (unpaired) electrons. The standard InChI is InChI=1S/C16H19FN2/c1-11-6-7-14(9-16(11)17)12(2)19-13(3)15-5-4-8-18-10-15/h4-10,12-13,19H,1-3H3. The molecule has 1 aromatic heterocycles. The van der Waals surface area contributed by atoms with Crippen molar-refractivity contribution in [2.24, 2.45) is 0 Å². The van der Waals surface area contributed by atoms with Crippen LogP contribution >= 0.6 is 0 Å². The average Bonchev–Trinajstić information content (AvgIpc) is 2.42. The second-order valence-corrected chi connectivity index (χ2v) is 4.91. The van der Waals surface area contributed by atoms with Gasteiger partial charge in [0.1, 0.15) is 5.82 Å². The van der Waals surface area contributed by atoms with Gasteiger partial charge >= 0.3 is 0 Å². The first-order chi connectivity index (χ1) is 9.08. The Balaban J connectivity index is 2.08. The minimum absolute atomic E-state index is 0.0882. The molecule has 0 saturated heterocycles. The van der Waals surface area contributed by atoms with Gasteiger partial charge in [-0.1, -0.05) is 18.2 Å². The summed E-state index contributed by atoms with van der Waals surface area (Å²) in [6.45, 7) is 5.89. The van der Waals surface area contributed by atoms with Crippen molar-refractivity contribution in [3.05, 3.63) is 65.2 Å². The molecule has 3 heteroatoms. The molecular weight excluding hydrogens is 239 g/mol. The van der Waals surface area contributed by atoms with E-state index in [-0.39, 0.29) is 17.9 Å². The zero-order chi connectivity index (χ0) is 13.8. The second kappa shape index (κ2) is 5.93. The summed E-state index contributed by atoms with van der Waals surface area (Å²) in [5.74, 6) is -0.153. The van der Waals surface area contributed by atoms with Crippen molar-refractivity contribution < 1.29 is 4.39 Å². The highest BCUT2D eigenvalue weighted by Crippen LogP contribution is 2.20. The molecular formula is C16H19FN2. The summed E-state index contributed by atoms with van der Waals surface area (Å²) < 4.78 is 13.6.